The number of hydrogen-bond donors (Lipinski definition) is 2. The van der Waals surface area contributed by atoms with Crippen LogP contribution in [0.15, 0.2) is 18.2 Å². The lowest BCUT2D eigenvalue weighted by Crippen LogP contribution is -2.46. The molecule has 1 aliphatic rings. The number of nitrogens with two attached hydrogens (primary N) is 1. The molecule has 4 heteroatoms. The van der Waals surface area contributed by atoms with Gasteiger partial charge in [0.05, 0.1) is 5.56 Å². The third kappa shape index (κ3) is 2.42. The Bertz CT molecular complexity index is 411. The summed E-state index contributed by atoms with van der Waals surface area (Å²) in [6.45, 7) is 5.28. The van der Waals surface area contributed by atoms with Gasteiger partial charge in [0, 0.05) is 31.9 Å². The summed E-state index contributed by atoms with van der Waals surface area (Å²) in [6.07, 6.45) is 0.856. The SMILES string of the molecule is CCc1cccc(C(=O)N2CCNCC2)c1N. The molecule has 1 fully saturated rings. The van der Waals surface area contributed by atoms with Crippen LogP contribution in [-0.4, -0.2) is 37.0 Å². The van der Waals surface area contributed by atoms with Crippen molar-refractivity contribution in [2.75, 3.05) is 31.9 Å². The molecule has 4 nitrogen and oxygen atoms in total. The van der Waals surface area contributed by atoms with Crippen LogP contribution in [0.25, 0.3) is 0 Å². The van der Waals surface area contributed by atoms with Crippen molar-refractivity contribution in [1.82, 2.24) is 10.2 Å². The van der Waals surface area contributed by atoms with Crippen molar-refractivity contribution in [3.8, 4) is 0 Å². The van der Waals surface area contributed by atoms with E-state index in [9.17, 15) is 4.79 Å². The van der Waals surface area contributed by atoms with Gasteiger partial charge >= 0.3 is 0 Å². The Morgan fingerprint density at radius 1 is 1.41 bits per heavy atom. The Morgan fingerprint density at radius 2 is 2.12 bits per heavy atom. The fourth-order valence-corrected chi connectivity index (χ4v) is 2.15. The highest BCUT2D eigenvalue weighted by atomic mass is 16.2. The summed E-state index contributed by atoms with van der Waals surface area (Å²) in [5.41, 5.74) is 8.37. The van der Waals surface area contributed by atoms with Gasteiger partial charge in [-0.25, -0.2) is 0 Å². The Hall–Kier alpha value is -1.55. The minimum absolute atomic E-state index is 0.0549. The number of amides is 1. The van der Waals surface area contributed by atoms with Gasteiger partial charge in [0.2, 0.25) is 0 Å². The van der Waals surface area contributed by atoms with Crippen molar-refractivity contribution in [2.24, 2.45) is 0 Å². The van der Waals surface area contributed by atoms with E-state index in [0.717, 1.165) is 38.2 Å². The molecule has 3 N–H and O–H groups in total. The summed E-state index contributed by atoms with van der Waals surface area (Å²) in [5, 5.41) is 3.23. The highest BCUT2D eigenvalue weighted by molar-refractivity contribution is 5.99. The number of piperazine rings is 1. The minimum Gasteiger partial charge on any atom is -0.398 e. The molecule has 1 heterocycles. The normalized spacial score (nSPS) is 15.9. The monoisotopic (exact) mass is 233 g/mol. The fourth-order valence-electron chi connectivity index (χ4n) is 2.15. The summed E-state index contributed by atoms with van der Waals surface area (Å²) < 4.78 is 0. The maximum absolute atomic E-state index is 12.3. The van der Waals surface area contributed by atoms with Gasteiger partial charge in [-0.15, -0.1) is 0 Å². The number of nitrogen functional groups attached to an aromatic ring is 1. The zero-order valence-electron chi connectivity index (χ0n) is 10.2. The minimum atomic E-state index is 0.0549. The molecule has 17 heavy (non-hydrogen) atoms. The molecule has 0 radical (unpaired) electrons. The highest BCUT2D eigenvalue weighted by Gasteiger charge is 2.20. The van der Waals surface area contributed by atoms with Gasteiger partial charge in [-0.2, -0.15) is 0 Å². The van der Waals surface area contributed by atoms with Crippen LogP contribution in [0, 0.1) is 0 Å². The second kappa shape index (κ2) is 5.19. The molecule has 2 rings (SSSR count). The van der Waals surface area contributed by atoms with E-state index in [1.54, 1.807) is 0 Å². The maximum Gasteiger partial charge on any atom is 0.256 e. The quantitative estimate of drug-likeness (QED) is 0.745. The predicted octanol–water partition coefficient (Wildman–Crippen LogP) is 0.877. The summed E-state index contributed by atoms with van der Waals surface area (Å²) in [6, 6.07) is 5.70. The van der Waals surface area contributed by atoms with Crippen LogP contribution in [-0.2, 0) is 6.42 Å². The average molecular weight is 233 g/mol. The van der Waals surface area contributed by atoms with Crippen LogP contribution < -0.4 is 11.1 Å². The van der Waals surface area contributed by atoms with E-state index in [2.05, 4.69) is 5.32 Å². The van der Waals surface area contributed by atoms with Gasteiger partial charge in [-0.05, 0) is 18.1 Å². The molecule has 0 aromatic heterocycles. The molecule has 92 valence electrons. The standard InChI is InChI=1S/C13H19N3O/c1-2-10-4-3-5-11(12(10)14)13(17)16-8-6-15-7-9-16/h3-5,15H,2,6-9,14H2,1H3. The number of nitrogens with one attached hydrogen (secondary N) is 1. The molecule has 1 aliphatic heterocycles. The lowest BCUT2D eigenvalue weighted by Gasteiger charge is -2.28. The van der Waals surface area contributed by atoms with E-state index < -0.39 is 0 Å². The lowest BCUT2D eigenvalue weighted by molar-refractivity contribution is 0.0737. The number of rotatable bonds is 2. The van der Waals surface area contributed by atoms with E-state index in [-0.39, 0.29) is 5.91 Å². The summed E-state index contributed by atoms with van der Waals surface area (Å²) in [4.78, 5) is 14.2. The first-order valence-electron chi connectivity index (χ1n) is 6.11. The molecule has 0 aliphatic carbocycles. The average Bonchev–Trinajstić information content (AvgIpc) is 2.39. The van der Waals surface area contributed by atoms with E-state index in [1.165, 1.54) is 0 Å². The molecule has 1 aromatic carbocycles. The van der Waals surface area contributed by atoms with E-state index in [0.29, 0.717) is 11.3 Å². The zero-order chi connectivity index (χ0) is 12.3. The molecule has 0 saturated carbocycles. The molecule has 0 atom stereocenters. The first kappa shape index (κ1) is 11.9. The summed E-state index contributed by atoms with van der Waals surface area (Å²) in [7, 11) is 0. The topological polar surface area (TPSA) is 58.4 Å². The first-order chi connectivity index (χ1) is 8.24. The van der Waals surface area contributed by atoms with Crippen molar-refractivity contribution < 1.29 is 4.79 Å². The van der Waals surface area contributed by atoms with Crippen molar-refractivity contribution in [2.45, 2.75) is 13.3 Å². The van der Waals surface area contributed by atoms with Gasteiger partial charge in [-0.1, -0.05) is 19.1 Å². The summed E-state index contributed by atoms with van der Waals surface area (Å²) >= 11 is 0. The summed E-state index contributed by atoms with van der Waals surface area (Å²) in [5.74, 6) is 0.0549. The Morgan fingerprint density at radius 3 is 2.76 bits per heavy atom. The van der Waals surface area contributed by atoms with Crippen LogP contribution in [0.1, 0.15) is 22.8 Å². The number of hydrogen-bond acceptors (Lipinski definition) is 3. The number of anilines is 1. The van der Waals surface area contributed by atoms with Crippen LogP contribution in [0.3, 0.4) is 0 Å². The number of carbonyl (C=O) groups is 1. The zero-order valence-corrected chi connectivity index (χ0v) is 10.2. The van der Waals surface area contributed by atoms with Gasteiger partial charge in [0.15, 0.2) is 0 Å². The molecule has 1 saturated heterocycles. The largest absolute Gasteiger partial charge is 0.398 e. The molecule has 0 unspecified atom stereocenters. The Kier molecular flexibility index (Phi) is 3.64. The fraction of sp³-hybridized carbons (Fsp3) is 0.462. The number of para-hydroxylation sites is 1. The van der Waals surface area contributed by atoms with Crippen molar-refractivity contribution in [3.63, 3.8) is 0 Å². The highest BCUT2D eigenvalue weighted by Crippen LogP contribution is 2.20. The predicted molar refractivity (Wildman–Crippen MR) is 69.0 cm³/mol. The van der Waals surface area contributed by atoms with E-state index in [1.807, 2.05) is 30.0 Å². The van der Waals surface area contributed by atoms with E-state index >= 15 is 0 Å². The number of benzene rings is 1. The van der Waals surface area contributed by atoms with Gasteiger partial charge in [-0.3, -0.25) is 4.79 Å². The number of aryl methyl sites for hydroxylation is 1. The molecule has 1 aromatic rings. The third-order valence-electron chi connectivity index (χ3n) is 3.21. The number of nitrogens with zero attached hydrogens (tertiary/aromatic N) is 1. The van der Waals surface area contributed by atoms with Crippen LogP contribution in [0.5, 0.6) is 0 Å². The Balaban J connectivity index is 2.23. The van der Waals surface area contributed by atoms with Gasteiger partial charge in [0.25, 0.3) is 5.91 Å². The molecule has 1 amide bonds. The molecular formula is C13H19N3O. The smallest absolute Gasteiger partial charge is 0.256 e. The van der Waals surface area contributed by atoms with Crippen molar-refractivity contribution in [1.29, 1.82) is 0 Å². The molecule has 0 spiro atoms. The van der Waals surface area contributed by atoms with Crippen LogP contribution in [0.4, 0.5) is 5.69 Å². The van der Waals surface area contributed by atoms with Crippen LogP contribution >= 0.6 is 0 Å². The molecule has 0 bridgehead atoms. The van der Waals surface area contributed by atoms with Gasteiger partial charge < -0.3 is 16.0 Å². The van der Waals surface area contributed by atoms with Crippen LogP contribution in [0.2, 0.25) is 0 Å². The van der Waals surface area contributed by atoms with Crippen molar-refractivity contribution >= 4 is 11.6 Å². The third-order valence-corrected chi connectivity index (χ3v) is 3.21. The first-order valence-corrected chi connectivity index (χ1v) is 6.11. The van der Waals surface area contributed by atoms with E-state index in [4.69, 9.17) is 5.73 Å². The van der Waals surface area contributed by atoms with Gasteiger partial charge in [0.1, 0.15) is 0 Å². The van der Waals surface area contributed by atoms with Crippen molar-refractivity contribution in [3.05, 3.63) is 29.3 Å². The molecular weight excluding hydrogens is 214 g/mol. The second-order valence-corrected chi connectivity index (χ2v) is 4.27. The Labute approximate surface area is 102 Å². The maximum atomic E-state index is 12.3. The lowest BCUT2D eigenvalue weighted by atomic mass is 10.0. The number of carbonyl (C=O) groups excluding carboxylic acids is 1. The second-order valence-electron chi connectivity index (χ2n) is 4.27.